The molecule has 0 aliphatic heterocycles. The van der Waals surface area contributed by atoms with Gasteiger partial charge in [-0.25, -0.2) is 9.97 Å². The molecule has 10 heteroatoms. The monoisotopic (exact) mass is 437 g/mol. The van der Waals surface area contributed by atoms with Crippen molar-refractivity contribution in [3.05, 3.63) is 47.4 Å². The molecule has 1 aliphatic carbocycles. The van der Waals surface area contributed by atoms with Crippen molar-refractivity contribution < 1.29 is 32.2 Å². The summed E-state index contributed by atoms with van der Waals surface area (Å²) in [6, 6.07) is 5.48. The number of nitrogens with one attached hydrogen (secondary N) is 1. The van der Waals surface area contributed by atoms with Gasteiger partial charge in [-0.15, -0.1) is 0 Å². The maximum Gasteiger partial charge on any atom is 0.422 e. The Labute approximate surface area is 177 Å². The summed E-state index contributed by atoms with van der Waals surface area (Å²) in [5.41, 5.74) is 1.29. The van der Waals surface area contributed by atoms with E-state index < -0.39 is 24.7 Å². The Kier molecular flexibility index (Phi) is 6.77. The van der Waals surface area contributed by atoms with Crippen LogP contribution in [-0.2, 0) is 11.2 Å². The Hall–Kier alpha value is -3.17. The summed E-state index contributed by atoms with van der Waals surface area (Å²) < 4.78 is 46.4. The van der Waals surface area contributed by atoms with Gasteiger partial charge in [-0.1, -0.05) is 0 Å². The molecule has 1 fully saturated rings. The molecule has 0 spiro atoms. The molecule has 2 aromatic rings. The van der Waals surface area contributed by atoms with E-state index in [0.29, 0.717) is 17.1 Å². The number of hydrogen-bond acceptors (Lipinski definition) is 6. The second kappa shape index (κ2) is 9.32. The number of carbonyl (C=O) groups is 2. The van der Waals surface area contributed by atoms with Crippen molar-refractivity contribution in [3.8, 4) is 11.6 Å². The van der Waals surface area contributed by atoms with Gasteiger partial charge in [0.1, 0.15) is 17.2 Å². The maximum absolute atomic E-state index is 12.5. The highest BCUT2D eigenvalue weighted by molar-refractivity contribution is 5.92. The van der Waals surface area contributed by atoms with Gasteiger partial charge >= 0.3 is 6.18 Å². The SMILES string of the molecule is COc1cc(C(C)NC(=O)c2ccc(OCC(F)(F)F)cn2)cc(CC(=O)C2CC2)n1. The van der Waals surface area contributed by atoms with Crippen LogP contribution in [0.1, 0.15) is 47.6 Å². The van der Waals surface area contributed by atoms with Crippen LogP contribution in [0.15, 0.2) is 30.5 Å². The molecule has 1 unspecified atom stereocenters. The van der Waals surface area contributed by atoms with Crippen LogP contribution in [0.3, 0.4) is 0 Å². The Morgan fingerprint density at radius 2 is 2.00 bits per heavy atom. The minimum Gasteiger partial charge on any atom is -0.483 e. The molecule has 3 rings (SSSR count). The molecule has 1 N–H and O–H groups in total. The number of carbonyl (C=O) groups excluding carboxylic acids is 2. The summed E-state index contributed by atoms with van der Waals surface area (Å²) in [5.74, 6) is -0.0170. The molecular formula is C21H22F3N3O4. The van der Waals surface area contributed by atoms with Gasteiger partial charge in [-0.2, -0.15) is 13.2 Å². The maximum atomic E-state index is 12.5. The summed E-state index contributed by atoms with van der Waals surface area (Å²) in [4.78, 5) is 32.8. The summed E-state index contributed by atoms with van der Waals surface area (Å²) >= 11 is 0. The second-order valence-electron chi connectivity index (χ2n) is 7.33. The zero-order chi connectivity index (χ0) is 22.6. The topological polar surface area (TPSA) is 90.4 Å². The highest BCUT2D eigenvalue weighted by atomic mass is 19.4. The highest BCUT2D eigenvalue weighted by Crippen LogP contribution is 2.31. The standard InChI is InChI=1S/C21H22F3N3O4/c1-12(14-7-15(27-19(8-14)30-2)9-18(28)13-3-4-13)26-20(29)17-6-5-16(10-25-17)31-11-21(22,23)24/h5-8,10,12-13H,3-4,9,11H2,1-2H3,(H,26,29). The predicted molar refractivity (Wildman–Crippen MR) is 104 cm³/mol. The van der Waals surface area contributed by atoms with E-state index in [9.17, 15) is 22.8 Å². The number of aromatic nitrogens is 2. The first-order chi connectivity index (χ1) is 14.6. The number of ether oxygens (including phenoxy) is 2. The lowest BCUT2D eigenvalue weighted by molar-refractivity contribution is -0.153. The summed E-state index contributed by atoms with van der Waals surface area (Å²) in [5, 5.41) is 2.76. The minimum absolute atomic E-state index is 0.0244. The van der Waals surface area contributed by atoms with Crippen LogP contribution in [-0.4, -0.2) is 41.6 Å². The van der Waals surface area contributed by atoms with Gasteiger partial charge < -0.3 is 14.8 Å². The second-order valence-corrected chi connectivity index (χ2v) is 7.33. The largest absolute Gasteiger partial charge is 0.483 e. The first kappa shape index (κ1) is 22.5. The lowest BCUT2D eigenvalue weighted by atomic mass is 10.0. The van der Waals surface area contributed by atoms with E-state index in [1.807, 2.05) is 0 Å². The zero-order valence-corrected chi connectivity index (χ0v) is 17.0. The molecule has 1 aliphatic rings. The number of ketones is 1. The van der Waals surface area contributed by atoms with E-state index in [2.05, 4.69) is 20.0 Å². The molecule has 7 nitrogen and oxygen atoms in total. The Bertz CT molecular complexity index is 944. The fourth-order valence-electron chi connectivity index (χ4n) is 2.88. The van der Waals surface area contributed by atoms with Crippen molar-refractivity contribution in [1.82, 2.24) is 15.3 Å². The van der Waals surface area contributed by atoms with Crippen molar-refractivity contribution in [2.24, 2.45) is 5.92 Å². The number of halogens is 3. The number of methoxy groups -OCH3 is 1. The number of rotatable bonds is 9. The molecular weight excluding hydrogens is 415 g/mol. The van der Waals surface area contributed by atoms with E-state index >= 15 is 0 Å². The minimum atomic E-state index is -4.46. The van der Waals surface area contributed by atoms with Crippen molar-refractivity contribution in [1.29, 1.82) is 0 Å². The average molecular weight is 437 g/mol. The first-order valence-corrected chi connectivity index (χ1v) is 9.68. The van der Waals surface area contributed by atoms with E-state index in [1.54, 1.807) is 19.1 Å². The van der Waals surface area contributed by atoms with E-state index in [4.69, 9.17) is 4.74 Å². The Morgan fingerprint density at radius 1 is 1.26 bits per heavy atom. The fourth-order valence-corrected chi connectivity index (χ4v) is 2.88. The third kappa shape index (κ3) is 6.66. The number of hydrogen-bond donors (Lipinski definition) is 1. The van der Waals surface area contributed by atoms with Crippen molar-refractivity contribution >= 4 is 11.7 Å². The van der Waals surface area contributed by atoms with Crippen molar-refractivity contribution in [2.75, 3.05) is 13.7 Å². The van der Waals surface area contributed by atoms with Gasteiger partial charge in [0.05, 0.1) is 25.0 Å². The number of amides is 1. The van der Waals surface area contributed by atoms with Gasteiger partial charge in [-0.05, 0) is 43.5 Å². The van der Waals surface area contributed by atoms with Crippen LogP contribution in [0.4, 0.5) is 13.2 Å². The molecule has 1 saturated carbocycles. The third-order valence-electron chi connectivity index (χ3n) is 4.69. The average Bonchev–Trinajstić information content (AvgIpc) is 3.57. The Balaban J connectivity index is 1.65. The van der Waals surface area contributed by atoms with Gasteiger partial charge in [-0.3, -0.25) is 9.59 Å². The fraction of sp³-hybridized carbons (Fsp3) is 0.429. The van der Waals surface area contributed by atoms with E-state index in [0.717, 1.165) is 19.0 Å². The zero-order valence-electron chi connectivity index (χ0n) is 17.0. The summed E-state index contributed by atoms with van der Waals surface area (Å²) in [6.07, 6.45) is -1.37. The molecule has 0 saturated heterocycles. The van der Waals surface area contributed by atoms with Crippen LogP contribution >= 0.6 is 0 Å². The molecule has 31 heavy (non-hydrogen) atoms. The highest BCUT2D eigenvalue weighted by Gasteiger charge is 2.30. The van der Waals surface area contributed by atoms with E-state index in [1.165, 1.54) is 19.2 Å². The van der Waals surface area contributed by atoms with Crippen LogP contribution in [0.5, 0.6) is 11.6 Å². The number of alkyl halides is 3. The summed E-state index contributed by atoms with van der Waals surface area (Å²) in [7, 11) is 1.47. The van der Waals surface area contributed by atoms with Crippen molar-refractivity contribution in [2.45, 2.75) is 38.4 Å². The molecule has 2 heterocycles. The lowest BCUT2D eigenvalue weighted by Gasteiger charge is -2.16. The Morgan fingerprint density at radius 3 is 2.58 bits per heavy atom. The molecule has 2 aromatic heterocycles. The molecule has 0 bridgehead atoms. The lowest BCUT2D eigenvalue weighted by Crippen LogP contribution is -2.27. The van der Waals surface area contributed by atoms with Crippen molar-refractivity contribution in [3.63, 3.8) is 0 Å². The van der Waals surface area contributed by atoms with Gasteiger partial charge in [0.25, 0.3) is 5.91 Å². The molecule has 166 valence electrons. The predicted octanol–water partition coefficient (Wildman–Crippen LogP) is 3.44. The number of nitrogens with zero attached hydrogens (tertiary/aromatic N) is 2. The smallest absolute Gasteiger partial charge is 0.422 e. The van der Waals surface area contributed by atoms with Crippen LogP contribution < -0.4 is 14.8 Å². The number of Topliss-reactive ketones (excluding diaryl/α,β-unsaturated/α-hetero) is 1. The van der Waals surface area contributed by atoms with Gasteiger partial charge in [0, 0.05) is 18.4 Å². The quantitative estimate of drug-likeness (QED) is 0.646. The molecule has 1 amide bonds. The van der Waals surface area contributed by atoms with Crippen LogP contribution in [0.25, 0.3) is 0 Å². The van der Waals surface area contributed by atoms with Gasteiger partial charge in [0.15, 0.2) is 6.61 Å². The summed E-state index contributed by atoms with van der Waals surface area (Å²) in [6.45, 7) is 0.312. The first-order valence-electron chi connectivity index (χ1n) is 9.68. The third-order valence-corrected chi connectivity index (χ3v) is 4.69. The van der Waals surface area contributed by atoms with Crippen LogP contribution in [0.2, 0.25) is 0 Å². The normalized spacial score (nSPS) is 14.6. The van der Waals surface area contributed by atoms with E-state index in [-0.39, 0.29) is 29.6 Å². The number of pyridine rings is 2. The molecule has 1 atom stereocenters. The van der Waals surface area contributed by atoms with Gasteiger partial charge in [0.2, 0.25) is 5.88 Å². The van der Waals surface area contributed by atoms with Crippen LogP contribution in [0, 0.1) is 5.92 Å². The molecule has 0 aromatic carbocycles. The molecule has 0 radical (unpaired) electrons.